The summed E-state index contributed by atoms with van der Waals surface area (Å²) in [7, 11) is 1.71. The third-order valence-corrected chi connectivity index (χ3v) is 1.61. The molecule has 1 aliphatic carbocycles. The van der Waals surface area contributed by atoms with Crippen molar-refractivity contribution >= 4 is 6.34 Å². The van der Waals surface area contributed by atoms with E-state index in [0.717, 1.165) is 19.3 Å². The molecule has 0 aromatic heterocycles. The Morgan fingerprint density at radius 1 is 1.67 bits per heavy atom. The van der Waals surface area contributed by atoms with E-state index in [0.29, 0.717) is 6.04 Å². The molecule has 0 aromatic rings. The lowest BCUT2D eigenvalue weighted by Gasteiger charge is -2.11. The summed E-state index contributed by atoms with van der Waals surface area (Å²) in [5, 5.41) is 1.36. The Kier molecular flexibility index (Phi) is 3.58. The average Bonchev–Trinajstić information content (AvgIpc) is 2.05. The number of hydrogen-bond acceptors (Lipinski definition) is 3. The van der Waals surface area contributed by atoms with Gasteiger partial charge in [0.05, 0.1) is 12.4 Å². The highest BCUT2D eigenvalue weighted by molar-refractivity contribution is 5.53. The van der Waals surface area contributed by atoms with Gasteiger partial charge in [0.25, 0.3) is 0 Å². The third kappa shape index (κ3) is 3.37. The zero-order valence-corrected chi connectivity index (χ0v) is 7.25. The summed E-state index contributed by atoms with van der Waals surface area (Å²) >= 11 is 0. The highest BCUT2D eigenvalue weighted by atomic mass is 15.6. The third-order valence-electron chi connectivity index (χ3n) is 1.61. The van der Waals surface area contributed by atoms with Crippen LogP contribution in [0.4, 0.5) is 0 Å². The van der Waals surface area contributed by atoms with Crippen LogP contribution in [0.15, 0.2) is 4.99 Å². The molecule has 0 aromatic carbocycles. The van der Waals surface area contributed by atoms with Crippen molar-refractivity contribution in [3.63, 3.8) is 0 Å². The second-order valence-electron chi connectivity index (χ2n) is 2.77. The maximum Gasteiger partial charge on any atom is 0.0982 e. The van der Waals surface area contributed by atoms with Gasteiger partial charge in [-0.25, -0.2) is 0 Å². The minimum absolute atomic E-state index is 0.346. The van der Waals surface area contributed by atoms with E-state index in [-0.39, 0.29) is 0 Å². The molecule has 0 aliphatic heterocycles. The summed E-state index contributed by atoms with van der Waals surface area (Å²) in [6.07, 6.45) is 4.50. The molecule has 0 bridgehead atoms. The van der Waals surface area contributed by atoms with Crippen molar-refractivity contribution in [3.8, 4) is 11.8 Å². The fourth-order valence-electron chi connectivity index (χ4n) is 0.976. The zero-order chi connectivity index (χ0) is 8.81. The number of nitrogens with one attached hydrogen (secondary N) is 1. The van der Waals surface area contributed by atoms with E-state index in [1.807, 2.05) is 0 Å². The Balaban J connectivity index is 2.23. The number of hydrogen-bond donors (Lipinski definition) is 2. The molecule has 0 saturated carbocycles. The first-order chi connectivity index (χ1) is 5.79. The highest BCUT2D eigenvalue weighted by Crippen LogP contribution is 2.08. The number of aliphatic imine (C=N–C) groups is 1. The average molecular weight is 166 g/mol. The minimum atomic E-state index is 0.346. The quantitative estimate of drug-likeness (QED) is 0.202. The molecule has 0 radical (unpaired) electrons. The van der Waals surface area contributed by atoms with E-state index >= 15 is 0 Å². The summed E-state index contributed by atoms with van der Waals surface area (Å²) in [4.78, 5) is 4.26. The van der Waals surface area contributed by atoms with Gasteiger partial charge in [-0.2, -0.15) is 5.12 Å². The van der Waals surface area contributed by atoms with Crippen LogP contribution in [-0.4, -0.2) is 24.5 Å². The standard InChI is InChI=1S/C8H14N4/c1-12(9)11-7-10-8-5-3-2-4-6-8/h7-8H,3,5-6,9H2,1H3,(H,10,11). The molecule has 1 aliphatic rings. The summed E-state index contributed by atoms with van der Waals surface area (Å²) in [5.41, 5.74) is 2.76. The first-order valence-electron chi connectivity index (χ1n) is 4.01. The second-order valence-corrected chi connectivity index (χ2v) is 2.77. The molecule has 1 rings (SSSR count). The normalized spacial score (nSPS) is 22.4. The number of hydrazine groups is 2. The van der Waals surface area contributed by atoms with Gasteiger partial charge < -0.3 is 0 Å². The molecule has 0 fully saturated rings. The van der Waals surface area contributed by atoms with Crippen LogP contribution in [0.5, 0.6) is 0 Å². The fourth-order valence-corrected chi connectivity index (χ4v) is 0.976. The minimum Gasteiger partial charge on any atom is -0.297 e. The van der Waals surface area contributed by atoms with Crippen LogP contribution < -0.4 is 11.3 Å². The van der Waals surface area contributed by atoms with Crippen LogP contribution >= 0.6 is 0 Å². The number of nitrogens with zero attached hydrogens (tertiary/aromatic N) is 2. The molecule has 0 amide bonds. The van der Waals surface area contributed by atoms with Crippen molar-refractivity contribution in [3.05, 3.63) is 0 Å². The molecular formula is C8H14N4. The van der Waals surface area contributed by atoms with Gasteiger partial charge in [0.2, 0.25) is 0 Å². The first kappa shape index (κ1) is 9.04. The molecule has 3 N–H and O–H groups in total. The molecule has 4 nitrogen and oxygen atoms in total. The summed E-state index contributed by atoms with van der Waals surface area (Å²) in [6, 6.07) is 0.346. The Morgan fingerprint density at radius 3 is 3.08 bits per heavy atom. The molecule has 1 atom stereocenters. The lowest BCUT2D eigenvalue weighted by atomic mass is 10.1. The summed E-state index contributed by atoms with van der Waals surface area (Å²) in [6.45, 7) is 0. The van der Waals surface area contributed by atoms with Crippen molar-refractivity contribution < 1.29 is 0 Å². The van der Waals surface area contributed by atoms with E-state index in [1.54, 1.807) is 13.4 Å². The van der Waals surface area contributed by atoms with E-state index < -0.39 is 0 Å². The van der Waals surface area contributed by atoms with E-state index in [4.69, 9.17) is 5.84 Å². The maximum atomic E-state index is 5.31. The number of rotatable bonds is 3. The molecule has 66 valence electrons. The van der Waals surface area contributed by atoms with Gasteiger partial charge >= 0.3 is 0 Å². The molecule has 0 heterocycles. The highest BCUT2D eigenvalue weighted by Gasteiger charge is 2.05. The van der Waals surface area contributed by atoms with Gasteiger partial charge in [-0.15, -0.1) is 11.8 Å². The Hall–Kier alpha value is -1.05. The molecule has 0 spiro atoms. The van der Waals surface area contributed by atoms with Crippen molar-refractivity contribution in [2.75, 3.05) is 7.05 Å². The predicted octanol–water partition coefficient (Wildman–Crippen LogP) is -0.119. The fraction of sp³-hybridized carbons (Fsp3) is 0.625. The summed E-state index contributed by atoms with van der Waals surface area (Å²) in [5.74, 6) is 11.4. The lowest BCUT2D eigenvalue weighted by Crippen LogP contribution is -2.39. The summed E-state index contributed by atoms with van der Waals surface area (Å²) < 4.78 is 0. The van der Waals surface area contributed by atoms with Gasteiger partial charge in [0, 0.05) is 19.9 Å². The van der Waals surface area contributed by atoms with Crippen LogP contribution in [0.3, 0.4) is 0 Å². The lowest BCUT2D eigenvalue weighted by molar-refractivity contribution is 0.308. The second kappa shape index (κ2) is 4.75. The van der Waals surface area contributed by atoms with Crippen LogP contribution in [0, 0.1) is 11.8 Å². The van der Waals surface area contributed by atoms with Crippen LogP contribution in [0.2, 0.25) is 0 Å². The topological polar surface area (TPSA) is 53.6 Å². The largest absolute Gasteiger partial charge is 0.297 e. The van der Waals surface area contributed by atoms with Crippen molar-refractivity contribution in [2.45, 2.75) is 25.3 Å². The maximum absolute atomic E-state index is 5.31. The molecule has 12 heavy (non-hydrogen) atoms. The molecule has 0 saturated heterocycles. The van der Waals surface area contributed by atoms with Crippen LogP contribution in [0.1, 0.15) is 19.3 Å². The smallest absolute Gasteiger partial charge is 0.0982 e. The van der Waals surface area contributed by atoms with E-state index in [1.165, 1.54) is 5.12 Å². The monoisotopic (exact) mass is 166 g/mol. The van der Waals surface area contributed by atoms with Crippen molar-refractivity contribution in [1.82, 2.24) is 10.5 Å². The number of nitrogens with two attached hydrogens (primary N) is 1. The van der Waals surface area contributed by atoms with Crippen LogP contribution in [-0.2, 0) is 0 Å². The zero-order valence-electron chi connectivity index (χ0n) is 7.25. The van der Waals surface area contributed by atoms with Crippen molar-refractivity contribution in [1.29, 1.82) is 0 Å². The Bertz CT molecular complexity index is 211. The Morgan fingerprint density at radius 2 is 2.50 bits per heavy atom. The molecular weight excluding hydrogens is 152 g/mol. The van der Waals surface area contributed by atoms with Crippen molar-refractivity contribution in [2.24, 2.45) is 10.8 Å². The van der Waals surface area contributed by atoms with E-state index in [2.05, 4.69) is 22.3 Å². The Labute approximate surface area is 72.8 Å². The van der Waals surface area contributed by atoms with Gasteiger partial charge in [0.15, 0.2) is 0 Å². The molecule has 1 unspecified atom stereocenters. The van der Waals surface area contributed by atoms with E-state index in [9.17, 15) is 0 Å². The van der Waals surface area contributed by atoms with Gasteiger partial charge in [-0.3, -0.25) is 16.3 Å². The first-order valence-corrected chi connectivity index (χ1v) is 4.01. The van der Waals surface area contributed by atoms with Crippen LogP contribution in [0.25, 0.3) is 0 Å². The van der Waals surface area contributed by atoms with Gasteiger partial charge in [0.1, 0.15) is 0 Å². The van der Waals surface area contributed by atoms with Gasteiger partial charge in [-0.05, 0) is 6.42 Å². The predicted molar refractivity (Wildman–Crippen MR) is 49.0 cm³/mol. The molecule has 4 heteroatoms. The van der Waals surface area contributed by atoms with Gasteiger partial charge in [-0.1, -0.05) is 0 Å². The SMILES string of the molecule is CN(N)NC=NC1CC#CCC1.